The lowest BCUT2D eigenvalue weighted by Crippen LogP contribution is -2.27. The second-order valence-electron chi connectivity index (χ2n) is 5.60. The number of carbonyl (C=O) groups is 1. The van der Waals surface area contributed by atoms with E-state index in [9.17, 15) is 4.79 Å². The standard InChI is InChI=1S/C19H21N3O3/c1-3-24-14(2)19(23)21-15-7-9-17(10-8-15)25-13-16-12-22-11-5-4-6-18(22)20-16/h4-12,14H,3,13H2,1-2H3,(H,21,23)/t14-/m1/s1. The molecule has 6 heteroatoms. The first-order valence-corrected chi connectivity index (χ1v) is 8.23. The molecule has 3 rings (SSSR count). The summed E-state index contributed by atoms with van der Waals surface area (Å²) in [6.07, 6.45) is 3.42. The van der Waals surface area contributed by atoms with E-state index in [2.05, 4.69) is 10.3 Å². The van der Waals surface area contributed by atoms with Crippen molar-refractivity contribution in [3.05, 3.63) is 60.6 Å². The Labute approximate surface area is 146 Å². The molecular weight excluding hydrogens is 318 g/mol. The lowest BCUT2D eigenvalue weighted by Gasteiger charge is -2.12. The molecule has 0 spiro atoms. The molecule has 0 fully saturated rings. The van der Waals surface area contributed by atoms with Gasteiger partial charge < -0.3 is 19.2 Å². The third-order valence-electron chi connectivity index (χ3n) is 3.71. The Morgan fingerprint density at radius 3 is 2.76 bits per heavy atom. The number of amides is 1. The number of benzene rings is 1. The number of carbonyl (C=O) groups excluding carboxylic acids is 1. The summed E-state index contributed by atoms with van der Waals surface area (Å²) in [5, 5.41) is 2.81. The van der Waals surface area contributed by atoms with Crippen molar-refractivity contribution >= 4 is 17.2 Å². The lowest BCUT2D eigenvalue weighted by molar-refractivity contribution is -0.126. The van der Waals surface area contributed by atoms with Crippen molar-refractivity contribution in [2.75, 3.05) is 11.9 Å². The zero-order chi connectivity index (χ0) is 17.6. The second kappa shape index (κ2) is 7.81. The van der Waals surface area contributed by atoms with Crippen LogP contribution in [0, 0.1) is 0 Å². The fourth-order valence-electron chi connectivity index (χ4n) is 2.42. The van der Waals surface area contributed by atoms with Crippen molar-refractivity contribution in [1.82, 2.24) is 9.38 Å². The van der Waals surface area contributed by atoms with Gasteiger partial charge in [0, 0.05) is 24.7 Å². The highest BCUT2D eigenvalue weighted by Crippen LogP contribution is 2.17. The van der Waals surface area contributed by atoms with Crippen molar-refractivity contribution in [3.63, 3.8) is 0 Å². The van der Waals surface area contributed by atoms with Gasteiger partial charge in [0.25, 0.3) is 5.91 Å². The molecule has 25 heavy (non-hydrogen) atoms. The van der Waals surface area contributed by atoms with Crippen LogP contribution in [0.15, 0.2) is 54.9 Å². The van der Waals surface area contributed by atoms with E-state index < -0.39 is 6.10 Å². The van der Waals surface area contributed by atoms with Crippen LogP contribution in [0.25, 0.3) is 5.65 Å². The maximum atomic E-state index is 11.9. The topological polar surface area (TPSA) is 64.9 Å². The van der Waals surface area contributed by atoms with Crippen molar-refractivity contribution < 1.29 is 14.3 Å². The molecule has 0 bridgehead atoms. The van der Waals surface area contributed by atoms with Gasteiger partial charge in [-0.25, -0.2) is 4.98 Å². The number of ether oxygens (including phenoxy) is 2. The van der Waals surface area contributed by atoms with Gasteiger partial charge in [-0.2, -0.15) is 0 Å². The van der Waals surface area contributed by atoms with Crippen molar-refractivity contribution in [2.45, 2.75) is 26.6 Å². The first kappa shape index (κ1) is 17.0. The molecule has 6 nitrogen and oxygen atoms in total. The third-order valence-corrected chi connectivity index (χ3v) is 3.71. The van der Waals surface area contributed by atoms with Crippen molar-refractivity contribution in [1.29, 1.82) is 0 Å². The molecule has 1 aromatic carbocycles. The Hall–Kier alpha value is -2.86. The number of anilines is 1. The highest BCUT2D eigenvalue weighted by molar-refractivity contribution is 5.93. The summed E-state index contributed by atoms with van der Waals surface area (Å²) in [5.41, 5.74) is 2.45. The normalized spacial score (nSPS) is 12.1. The van der Waals surface area contributed by atoms with E-state index in [1.807, 2.05) is 54.0 Å². The number of nitrogens with zero attached hydrogens (tertiary/aromatic N) is 2. The Balaban J connectivity index is 1.56. The number of pyridine rings is 1. The van der Waals surface area contributed by atoms with E-state index in [1.165, 1.54) is 0 Å². The Bertz CT molecular complexity index is 810. The summed E-state index contributed by atoms with van der Waals surface area (Å²) in [5.74, 6) is 0.549. The minimum absolute atomic E-state index is 0.166. The van der Waals surface area contributed by atoms with Gasteiger partial charge in [0.05, 0.1) is 5.69 Å². The minimum Gasteiger partial charge on any atom is -0.487 e. The molecule has 0 aliphatic heterocycles. The minimum atomic E-state index is -0.476. The molecule has 2 heterocycles. The molecule has 0 radical (unpaired) electrons. The van der Waals surface area contributed by atoms with Crippen LogP contribution in [0.1, 0.15) is 19.5 Å². The Kier molecular flexibility index (Phi) is 5.30. The maximum absolute atomic E-state index is 11.9. The highest BCUT2D eigenvalue weighted by atomic mass is 16.5. The fourth-order valence-corrected chi connectivity index (χ4v) is 2.42. The largest absolute Gasteiger partial charge is 0.487 e. The Morgan fingerprint density at radius 1 is 1.24 bits per heavy atom. The Morgan fingerprint density at radius 2 is 2.04 bits per heavy atom. The summed E-state index contributed by atoms with van der Waals surface area (Å²) in [6, 6.07) is 13.1. The van der Waals surface area contributed by atoms with Crippen LogP contribution < -0.4 is 10.1 Å². The summed E-state index contributed by atoms with van der Waals surface area (Å²) < 4.78 is 13.0. The molecule has 0 saturated heterocycles. The van der Waals surface area contributed by atoms with E-state index in [1.54, 1.807) is 19.1 Å². The van der Waals surface area contributed by atoms with Crippen LogP contribution in [-0.4, -0.2) is 28.0 Å². The summed E-state index contributed by atoms with van der Waals surface area (Å²) in [6.45, 7) is 4.48. The van der Waals surface area contributed by atoms with Crippen molar-refractivity contribution in [2.24, 2.45) is 0 Å². The number of nitrogens with one attached hydrogen (secondary N) is 1. The van der Waals surface area contributed by atoms with E-state index in [-0.39, 0.29) is 5.91 Å². The molecule has 130 valence electrons. The summed E-state index contributed by atoms with van der Waals surface area (Å²) >= 11 is 0. The van der Waals surface area contributed by atoms with Crippen LogP contribution in [0.4, 0.5) is 5.69 Å². The zero-order valence-corrected chi connectivity index (χ0v) is 14.3. The number of imidazole rings is 1. The van der Waals surface area contributed by atoms with Crippen molar-refractivity contribution in [3.8, 4) is 5.75 Å². The summed E-state index contributed by atoms with van der Waals surface area (Å²) in [7, 11) is 0. The molecule has 0 unspecified atom stereocenters. The predicted molar refractivity (Wildman–Crippen MR) is 95.7 cm³/mol. The number of rotatable bonds is 7. The fraction of sp³-hybridized carbons (Fsp3) is 0.263. The van der Waals surface area contributed by atoms with E-state index in [0.29, 0.717) is 24.7 Å². The van der Waals surface area contributed by atoms with Crippen LogP contribution in [0.2, 0.25) is 0 Å². The molecule has 1 atom stereocenters. The van der Waals surface area contributed by atoms with Crippen LogP contribution in [0.3, 0.4) is 0 Å². The number of fused-ring (bicyclic) bond motifs is 1. The molecule has 0 aliphatic carbocycles. The molecule has 1 N–H and O–H groups in total. The molecule has 3 aromatic rings. The van der Waals surface area contributed by atoms with Gasteiger partial charge in [-0.05, 0) is 50.2 Å². The second-order valence-corrected chi connectivity index (χ2v) is 5.60. The van der Waals surface area contributed by atoms with Gasteiger partial charge in [-0.3, -0.25) is 4.79 Å². The monoisotopic (exact) mass is 339 g/mol. The third kappa shape index (κ3) is 4.36. The average Bonchev–Trinajstić information content (AvgIpc) is 3.04. The van der Waals surface area contributed by atoms with Gasteiger partial charge in [-0.15, -0.1) is 0 Å². The first-order chi connectivity index (χ1) is 12.2. The lowest BCUT2D eigenvalue weighted by atomic mass is 10.3. The maximum Gasteiger partial charge on any atom is 0.253 e. The number of hydrogen-bond acceptors (Lipinski definition) is 4. The highest BCUT2D eigenvalue weighted by Gasteiger charge is 2.12. The zero-order valence-electron chi connectivity index (χ0n) is 14.3. The predicted octanol–water partition coefficient (Wildman–Crippen LogP) is 3.28. The van der Waals surface area contributed by atoms with Gasteiger partial charge in [0.15, 0.2) is 0 Å². The molecule has 1 amide bonds. The number of hydrogen-bond donors (Lipinski definition) is 1. The van der Waals surface area contributed by atoms with Gasteiger partial charge in [-0.1, -0.05) is 6.07 Å². The van der Waals surface area contributed by atoms with Crippen LogP contribution >= 0.6 is 0 Å². The molecule has 0 aliphatic rings. The van der Waals surface area contributed by atoms with Gasteiger partial charge in [0.2, 0.25) is 0 Å². The first-order valence-electron chi connectivity index (χ1n) is 8.23. The smallest absolute Gasteiger partial charge is 0.253 e. The van der Waals surface area contributed by atoms with Crippen LogP contribution in [0.5, 0.6) is 5.75 Å². The van der Waals surface area contributed by atoms with Crippen LogP contribution in [-0.2, 0) is 16.1 Å². The number of aromatic nitrogens is 2. The van der Waals surface area contributed by atoms with E-state index in [0.717, 1.165) is 11.3 Å². The van der Waals surface area contributed by atoms with E-state index in [4.69, 9.17) is 9.47 Å². The van der Waals surface area contributed by atoms with E-state index >= 15 is 0 Å². The van der Waals surface area contributed by atoms with Gasteiger partial charge >= 0.3 is 0 Å². The summed E-state index contributed by atoms with van der Waals surface area (Å²) in [4.78, 5) is 16.4. The quantitative estimate of drug-likeness (QED) is 0.717. The molecule has 2 aromatic heterocycles. The molecule has 0 saturated carbocycles. The van der Waals surface area contributed by atoms with Gasteiger partial charge in [0.1, 0.15) is 24.1 Å². The molecular formula is C19H21N3O3. The SMILES string of the molecule is CCO[C@H](C)C(=O)Nc1ccc(OCc2cn3ccccc3n2)cc1. The average molecular weight is 339 g/mol.